The second-order valence-corrected chi connectivity index (χ2v) is 5.08. The highest BCUT2D eigenvalue weighted by molar-refractivity contribution is 5.81. The predicted molar refractivity (Wildman–Crippen MR) is 50.1 cm³/mol. The van der Waals surface area contributed by atoms with Crippen molar-refractivity contribution in [1.29, 1.82) is 0 Å². The fourth-order valence-electron chi connectivity index (χ4n) is 3.88. The number of hydrogen-bond donors (Lipinski definition) is 0. The minimum Gasteiger partial charge on any atom is -0.345 e. The molecule has 0 N–H and O–H groups in total. The Morgan fingerprint density at radius 2 is 1.77 bits per heavy atom. The summed E-state index contributed by atoms with van der Waals surface area (Å²) in [5, 5.41) is 0. The largest absolute Gasteiger partial charge is 0.345 e. The van der Waals surface area contributed by atoms with Crippen molar-refractivity contribution in [1.82, 2.24) is 4.90 Å². The summed E-state index contributed by atoms with van der Waals surface area (Å²) < 4.78 is 0. The lowest BCUT2D eigenvalue weighted by Gasteiger charge is -2.43. The van der Waals surface area contributed by atoms with E-state index in [2.05, 4.69) is 0 Å². The molecule has 4 aliphatic rings. The summed E-state index contributed by atoms with van der Waals surface area (Å²) in [6.07, 6.45) is 5.44. The average Bonchev–Trinajstić information content (AvgIpc) is 2.47. The molecule has 3 saturated carbocycles. The zero-order chi connectivity index (χ0) is 9.00. The monoisotopic (exact) mass is 179 g/mol. The minimum absolute atomic E-state index is 0.428. The van der Waals surface area contributed by atoms with Crippen LogP contribution in [0.25, 0.3) is 0 Å². The SMILES string of the molecule is CN1CC2C3CCC(CC3)C2C1=O. The topological polar surface area (TPSA) is 20.3 Å². The fraction of sp³-hybridized carbons (Fsp3) is 0.909. The number of fused-ring (bicyclic) bond motifs is 2. The zero-order valence-electron chi connectivity index (χ0n) is 8.20. The second-order valence-electron chi connectivity index (χ2n) is 5.08. The van der Waals surface area contributed by atoms with Crippen LogP contribution in [0.4, 0.5) is 0 Å². The smallest absolute Gasteiger partial charge is 0.226 e. The summed E-state index contributed by atoms with van der Waals surface area (Å²) in [7, 11) is 1.97. The summed E-state index contributed by atoms with van der Waals surface area (Å²) >= 11 is 0. The van der Waals surface area contributed by atoms with Crippen molar-refractivity contribution in [3.8, 4) is 0 Å². The molecule has 0 spiro atoms. The number of carbonyl (C=O) groups excluding carboxylic acids is 1. The molecule has 1 aliphatic heterocycles. The van der Waals surface area contributed by atoms with Gasteiger partial charge in [0.1, 0.15) is 0 Å². The van der Waals surface area contributed by atoms with E-state index in [4.69, 9.17) is 0 Å². The summed E-state index contributed by atoms with van der Waals surface area (Å²) in [4.78, 5) is 13.8. The number of hydrogen-bond acceptors (Lipinski definition) is 1. The van der Waals surface area contributed by atoms with Crippen LogP contribution in [-0.2, 0) is 4.79 Å². The van der Waals surface area contributed by atoms with Crippen molar-refractivity contribution in [2.75, 3.05) is 13.6 Å². The van der Waals surface area contributed by atoms with Crippen LogP contribution < -0.4 is 0 Å². The highest BCUT2D eigenvalue weighted by Gasteiger charge is 2.51. The third-order valence-electron chi connectivity index (χ3n) is 4.54. The molecule has 72 valence electrons. The van der Waals surface area contributed by atoms with Gasteiger partial charge in [-0.05, 0) is 43.4 Å². The third kappa shape index (κ3) is 0.918. The molecular weight excluding hydrogens is 162 g/mol. The van der Waals surface area contributed by atoms with Crippen LogP contribution in [0.15, 0.2) is 0 Å². The molecular formula is C11H17NO. The first-order valence-corrected chi connectivity index (χ1v) is 5.52. The van der Waals surface area contributed by atoms with Crippen molar-refractivity contribution in [2.45, 2.75) is 25.7 Å². The van der Waals surface area contributed by atoms with Gasteiger partial charge in [-0.15, -0.1) is 0 Å². The molecule has 0 aromatic heterocycles. The van der Waals surface area contributed by atoms with E-state index in [1.165, 1.54) is 25.7 Å². The maximum absolute atomic E-state index is 11.9. The van der Waals surface area contributed by atoms with Crippen LogP contribution in [-0.4, -0.2) is 24.4 Å². The van der Waals surface area contributed by atoms with Crippen molar-refractivity contribution >= 4 is 5.91 Å². The average molecular weight is 179 g/mol. The Hall–Kier alpha value is -0.530. The van der Waals surface area contributed by atoms with Gasteiger partial charge in [0.25, 0.3) is 0 Å². The van der Waals surface area contributed by atoms with E-state index in [9.17, 15) is 4.79 Å². The maximum atomic E-state index is 11.9. The summed E-state index contributed by atoms with van der Waals surface area (Å²) in [6, 6.07) is 0. The van der Waals surface area contributed by atoms with Crippen LogP contribution in [0.1, 0.15) is 25.7 Å². The Balaban J connectivity index is 1.94. The number of likely N-dealkylation sites (tertiary alicyclic amines) is 1. The molecule has 1 amide bonds. The van der Waals surface area contributed by atoms with Crippen molar-refractivity contribution < 1.29 is 4.79 Å². The maximum Gasteiger partial charge on any atom is 0.226 e. The van der Waals surface area contributed by atoms with Gasteiger partial charge in [0, 0.05) is 19.5 Å². The Morgan fingerprint density at radius 1 is 1.15 bits per heavy atom. The van der Waals surface area contributed by atoms with Gasteiger partial charge in [-0.3, -0.25) is 4.79 Å². The molecule has 0 radical (unpaired) electrons. The molecule has 2 heteroatoms. The molecule has 2 bridgehead atoms. The van der Waals surface area contributed by atoms with E-state index in [-0.39, 0.29) is 0 Å². The van der Waals surface area contributed by atoms with Crippen molar-refractivity contribution in [2.24, 2.45) is 23.7 Å². The first kappa shape index (κ1) is 7.84. The molecule has 0 aromatic carbocycles. The van der Waals surface area contributed by atoms with Crippen LogP contribution in [0.5, 0.6) is 0 Å². The van der Waals surface area contributed by atoms with E-state index < -0.39 is 0 Å². The van der Waals surface area contributed by atoms with E-state index in [0.717, 1.165) is 24.3 Å². The highest BCUT2D eigenvalue weighted by atomic mass is 16.2. The van der Waals surface area contributed by atoms with Crippen LogP contribution in [0.3, 0.4) is 0 Å². The van der Waals surface area contributed by atoms with Gasteiger partial charge in [-0.25, -0.2) is 0 Å². The van der Waals surface area contributed by atoms with E-state index in [1.807, 2.05) is 11.9 Å². The number of amides is 1. The molecule has 4 fully saturated rings. The van der Waals surface area contributed by atoms with Gasteiger partial charge in [0.05, 0.1) is 0 Å². The Kier molecular flexibility index (Phi) is 1.50. The Labute approximate surface area is 79.3 Å². The summed E-state index contributed by atoms with van der Waals surface area (Å²) in [6.45, 7) is 1.05. The minimum atomic E-state index is 0.428. The summed E-state index contributed by atoms with van der Waals surface area (Å²) in [5.41, 5.74) is 0. The molecule has 2 unspecified atom stereocenters. The van der Waals surface area contributed by atoms with Gasteiger partial charge in [0.15, 0.2) is 0 Å². The molecule has 13 heavy (non-hydrogen) atoms. The van der Waals surface area contributed by atoms with Gasteiger partial charge < -0.3 is 4.90 Å². The van der Waals surface area contributed by atoms with Gasteiger partial charge in [-0.1, -0.05) is 0 Å². The first-order chi connectivity index (χ1) is 6.27. The molecule has 4 rings (SSSR count). The number of rotatable bonds is 0. The quantitative estimate of drug-likeness (QED) is 0.552. The normalized spacial score (nSPS) is 48.4. The number of carbonyl (C=O) groups is 1. The zero-order valence-corrected chi connectivity index (χ0v) is 8.20. The molecule has 2 atom stereocenters. The van der Waals surface area contributed by atoms with Crippen molar-refractivity contribution in [3.63, 3.8) is 0 Å². The van der Waals surface area contributed by atoms with Crippen molar-refractivity contribution in [3.05, 3.63) is 0 Å². The molecule has 1 heterocycles. The first-order valence-electron chi connectivity index (χ1n) is 5.52. The lowest BCUT2D eigenvalue weighted by Crippen LogP contribution is -2.40. The van der Waals surface area contributed by atoms with Gasteiger partial charge >= 0.3 is 0 Å². The van der Waals surface area contributed by atoms with E-state index >= 15 is 0 Å². The van der Waals surface area contributed by atoms with Gasteiger partial charge in [-0.2, -0.15) is 0 Å². The highest BCUT2D eigenvalue weighted by Crippen LogP contribution is 2.51. The standard InChI is InChI=1S/C11H17NO/c1-12-6-9-7-2-4-8(5-3-7)10(9)11(12)13/h7-10H,2-6H2,1H3. The van der Waals surface area contributed by atoms with E-state index in [1.54, 1.807) is 0 Å². The Morgan fingerprint density at radius 3 is 2.38 bits per heavy atom. The van der Waals surface area contributed by atoms with Crippen LogP contribution >= 0.6 is 0 Å². The third-order valence-corrected chi connectivity index (χ3v) is 4.54. The molecule has 0 aromatic rings. The predicted octanol–water partition coefficient (Wildman–Crippen LogP) is 1.51. The van der Waals surface area contributed by atoms with Crippen LogP contribution in [0.2, 0.25) is 0 Å². The molecule has 1 saturated heterocycles. The van der Waals surface area contributed by atoms with Crippen LogP contribution in [0, 0.1) is 23.7 Å². The second kappa shape index (κ2) is 2.49. The molecule has 2 nitrogen and oxygen atoms in total. The van der Waals surface area contributed by atoms with Gasteiger partial charge in [0.2, 0.25) is 5.91 Å². The van der Waals surface area contributed by atoms with E-state index in [0.29, 0.717) is 11.8 Å². The lowest BCUT2D eigenvalue weighted by atomic mass is 9.60. The Bertz CT molecular complexity index is 242. The lowest BCUT2D eigenvalue weighted by molar-refractivity contribution is -0.134. The molecule has 3 aliphatic carbocycles. The fourth-order valence-corrected chi connectivity index (χ4v) is 3.88. The number of nitrogens with zero attached hydrogens (tertiary/aromatic N) is 1. The summed E-state index contributed by atoms with van der Waals surface area (Å²) in [5.74, 6) is 3.22.